The molecule has 1 aromatic heterocycles. The molecule has 0 bridgehead atoms. The van der Waals surface area contributed by atoms with Crippen LogP contribution in [0.5, 0.6) is 0 Å². The van der Waals surface area contributed by atoms with E-state index in [1.165, 1.54) is 11.3 Å². The van der Waals surface area contributed by atoms with Gasteiger partial charge in [-0.2, -0.15) is 0 Å². The van der Waals surface area contributed by atoms with E-state index in [9.17, 15) is 5.11 Å². The number of hydrogen-bond acceptors (Lipinski definition) is 4. The first-order chi connectivity index (χ1) is 6.15. The first-order valence-corrected chi connectivity index (χ1v) is 5.65. The molecule has 0 spiro atoms. The van der Waals surface area contributed by atoms with E-state index in [2.05, 4.69) is 15.9 Å². The molecule has 0 radical (unpaired) electrons. The van der Waals surface area contributed by atoms with Crippen molar-refractivity contribution in [2.75, 3.05) is 6.54 Å². The lowest BCUT2D eigenvalue weighted by molar-refractivity contribution is 0.147. The van der Waals surface area contributed by atoms with Crippen molar-refractivity contribution in [1.29, 1.82) is 0 Å². The molecule has 1 rings (SSSR count). The van der Waals surface area contributed by atoms with Crippen molar-refractivity contribution >= 4 is 27.3 Å². The van der Waals surface area contributed by atoms with Crippen LogP contribution in [-0.2, 0) is 0 Å². The van der Waals surface area contributed by atoms with Crippen molar-refractivity contribution in [1.82, 2.24) is 0 Å². The van der Waals surface area contributed by atoms with Crippen LogP contribution in [0.2, 0.25) is 0 Å². The van der Waals surface area contributed by atoms with E-state index in [4.69, 9.17) is 11.5 Å². The number of halogens is 1. The predicted octanol–water partition coefficient (Wildman–Crippen LogP) is 1.22. The third-order valence-electron chi connectivity index (χ3n) is 1.79. The van der Waals surface area contributed by atoms with Crippen LogP contribution < -0.4 is 11.5 Å². The van der Waals surface area contributed by atoms with E-state index in [-0.39, 0.29) is 6.04 Å². The molecule has 3 nitrogen and oxygen atoms in total. The fourth-order valence-electron chi connectivity index (χ4n) is 1.05. The van der Waals surface area contributed by atoms with Crippen molar-refractivity contribution in [2.45, 2.75) is 18.6 Å². The Balaban J connectivity index is 2.61. The van der Waals surface area contributed by atoms with Crippen LogP contribution in [0.3, 0.4) is 0 Å². The Morgan fingerprint density at radius 2 is 2.23 bits per heavy atom. The van der Waals surface area contributed by atoms with Gasteiger partial charge in [0.1, 0.15) is 6.10 Å². The SMILES string of the molecule is NCCC(N)C(O)c1ccc(Br)s1. The molecule has 5 heteroatoms. The maximum atomic E-state index is 9.74. The molecule has 0 fully saturated rings. The lowest BCUT2D eigenvalue weighted by Crippen LogP contribution is -2.30. The molecule has 1 aromatic rings. The van der Waals surface area contributed by atoms with Crippen LogP contribution in [0.25, 0.3) is 0 Å². The Labute approximate surface area is 89.9 Å². The first-order valence-electron chi connectivity index (χ1n) is 4.04. The fourth-order valence-corrected chi connectivity index (χ4v) is 2.53. The van der Waals surface area contributed by atoms with Crippen molar-refractivity contribution in [3.05, 3.63) is 20.8 Å². The molecule has 2 atom stereocenters. The number of aliphatic hydroxyl groups excluding tert-OH is 1. The van der Waals surface area contributed by atoms with Crippen LogP contribution in [0.1, 0.15) is 17.4 Å². The standard InChI is InChI=1S/C8H13BrN2OS/c9-7-2-1-6(13-7)8(12)5(11)3-4-10/h1-2,5,8,12H,3-4,10-11H2. The molecule has 74 valence electrons. The van der Waals surface area contributed by atoms with Gasteiger partial charge in [0.2, 0.25) is 0 Å². The predicted molar refractivity (Wildman–Crippen MR) is 58.6 cm³/mol. The number of thiophene rings is 1. The molecule has 0 saturated heterocycles. The maximum absolute atomic E-state index is 9.74. The molecular weight excluding hydrogens is 252 g/mol. The minimum atomic E-state index is -0.597. The Morgan fingerprint density at radius 1 is 1.54 bits per heavy atom. The average Bonchev–Trinajstić information content (AvgIpc) is 2.51. The Bertz CT molecular complexity index is 266. The highest BCUT2D eigenvalue weighted by Crippen LogP contribution is 2.28. The zero-order chi connectivity index (χ0) is 9.84. The second kappa shape index (κ2) is 5.07. The second-order valence-electron chi connectivity index (χ2n) is 2.83. The summed E-state index contributed by atoms with van der Waals surface area (Å²) in [5.74, 6) is 0. The van der Waals surface area contributed by atoms with Crippen LogP contribution in [0.4, 0.5) is 0 Å². The van der Waals surface area contributed by atoms with Crippen LogP contribution in [0.15, 0.2) is 15.9 Å². The van der Waals surface area contributed by atoms with Gasteiger partial charge in [0.05, 0.1) is 3.79 Å². The van der Waals surface area contributed by atoms with Gasteiger partial charge in [-0.1, -0.05) is 0 Å². The van der Waals surface area contributed by atoms with Gasteiger partial charge in [-0.05, 0) is 41.0 Å². The normalized spacial score (nSPS) is 15.7. The summed E-state index contributed by atoms with van der Waals surface area (Å²) in [6, 6.07) is 3.50. The third kappa shape index (κ3) is 3.03. The summed E-state index contributed by atoms with van der Waals surface area (Å²) in [7, 11) is 0. The molecule has 0 amide bonds. The third-order valence-corrected chi connectivity index (χ3v) is 3.49. The van der Waals surface area contributed by atoms with Gasteiger partial charge in [-0.25, -0.2) is 0 Å². The summed E-state index contributed by atoms with van der Waals surface area (Å²) in [6.45, 7) is 0.505. The molecule has 0 aliphatic heterocycles. The van der Waals surface area contributed by atoms with Crippen molar-refractivity contribution in [2.24, 2.45) is 11.5 Å². The smallest absolute Gasteiger partial charge is 0.103 e. The van der Waals surface area contributed by atoms with Gasteiger partial charge < -0.3 is 16.6 Å². The molecule has 2 unspecified atom stereocenters. The van der Waals surface area contributed by atoms with E-state index in [1.807, 2.05) is 12.1 Å². The molecule has 5 N–H and O–H groups in total. The lowest BCUT2D eigenvalue weighted by atomic mass is 10.1. The first kappa shape index (κ1) is 11.1. The van der Waals surface area contributed by atoms with E-state index in [1.54, 1.807) is 0 Å². The highest BCUT2D eigenvalue weighted by Gasteiger charge is 2.17. The van der Waals surface area contributed by atoms with Gasteiger partial charge in [-0.15, -0.1) is 11.3 Å². The van der Waals surface area contributed by atoms with Crippen molar-refractivity contribution in [3.63, 3.8) is 0 Å². The molecular formula is C8H13BrN2OS. The summed E-state index contributed by atoms with van der Waals surface area (Å²) in [5, 5.41) is 9.74. The highest BCUT2D eigenvalue weighted by atomic mass is 79.9. The quantitative estimate of drug-likeness (QED) is 0.766. The molecule has 0 saturated carbocycles. The Hall–Kier alpha value is 0.0600. The zero-order valence-electron chi connectivity index (χ0n) is 7.11. The highest BCUT2D eigenvalue weighted by molar-refractivity contribution is 9.11. The zero-order valence-corrected chi connectivity index (χ0v) is 9.51. The molecule has 0 aliphatic carbocycles. The largest absolute Gasteiger partial charge is 0.386 e. The maximum Gasteiger partial charge on any atom is 0.103 e. The fraction of sp³-hybridized carbons (Fsp3) is 0.500. The average molecular weight is 265 g/mol. The van der Waals surface area contributed by atoms with Crippen LogP contribution >= 0.6 is 27.3 Å². The van der Waals surface area contributed by atoms with E-state index >= 15 is 0 Å². The summed E-state index contributed by atoms with van der Waals surface area (Å²) in [5.41, 5.74) is 11.1. The second-order valence-corrected chi connectivity index (χ2v) is 5.32. The topological polar surface area (TPSA) is 72.3 Å². The summed E-state index contributed by atoms with van der Waals surface area (Å²) >= 11 is 4.83. The number of rotatable bonds is 4. The number of aliphatic hydroxyl groups is 1. The summed E-state index contributed by atoms with van der Waals surface area (Å²) in [4.78, 5) is 0.882. The van der Waals surface area contributed by atoms with Crippen LogP contribution in [0, 0.1) is 0 Å². The monoisotopic (exact) mass is 264 g/mol. The van der Waals surface area contributed by atoms with E-state index < -0.39 is 6.10 Å². The van der Waals surface area contributed by atoms with Gasteiger partial charge >= 0.3 is 0 Å². The number of hydrogen-bond donors (Lipinski definition) is 3. The Morgan fingerprint density at radius 3 is 2.69 bits per heavy atom. The lowest BCUT2D eigenvalue weighted by Gasteiger charge is -2.16. The summed E-state index contributed by atoms with van der Waals surface area (Å²) < 4.78 is 1.00. The van der Waals surface area contributed by atoms with Crippen LogP contribution in [-0.4, -0.2) is 17.7 Å². The van der Waals surface area contributed by atoms with Gasteiger partial charge in [0, 0.05) is 10.9 Å². The molecule has 13 heavy (non-hydrogen) atoms. The van der Waals surface area contributed by atoms with Gasteiger partial charge in [0.25, 0.3) is 0 Å². The van der Waals surface area contributed by atoms with Gasteiger partial charge in [-0.3, -0.25) is 0 Å². The van der Waals surface area contributed by atoms with Gasteiger partial charge in [0.15, 0.2) is 0 Å². The molecule has 0 aromatic carbocycles. The minimum absolute atomic E-state index is 0.268. The summed E-state index contributed by atoms with van der Waals surface area (Å²) in [6.07, 6.45) is 0.0382. The minimum Gasteiger partial charge on any atom is -0.386 e. The Kier molecular flexibility index (Phi) is 4.34. The van der Waals surface area contributed by atoms with Crippen molar-refractivity contribution < 1.29 is 5.11 Å². The van der Waals surface area contributed by atoms with E-state index in [0.717, 1.165) is 8.66 Å². The van der Waals surface area contributed by atoms with Crippen molar-refractivity contribution in [3.8, 4) is 0 Å². The molecule has 0 aliphatic rings. The molecule has 1 heterocycles. The number of nitrogens with two attached hydrogens (primary N) is 2. The van der Waals surface area contributed by atoms with E-state index in [0.29, 0.717) is 13.0 Å².